The molecule has 1 saturated heterocycles. The molecule has 2 amide bonds. The zero-order chi connectivity index (χ0) is 16.2. The minimum absolute atomic E-state index is 0.159. The Morgan fingerprint density at radius 2 is 2.22 bits per heavy atom. The largest absolute Gasteiger partial charge is 0.496 e. The van der Waals surface area contributed by atoms with Crippen molar-refractivity contribution in [3.8, 4) is 5.75 Å². The van der Waals surface area contributed by atoms with Crippen LogP contribution in [0.4, 0.5) is 4.79 Å². The molecule has 1 saturated carbocycles. The van der Waals surface area contributed by atoms with Gasteiger partial charge in [0.2, 0.25) is 0 Å². The van der Waals surface area contributed by atoms with Crippen molar-refractivity contribution in [3.05, 3.63) is 28.8 Å². The molecule has 0 unspecified atom stereocenters. The maximum Gasteiger partial charge on any atom is 0.315 e. The van der Waals surface area contributed by atoms with E-state index in [-0.39, 0.29) is 12.1 Å². The molecule has 6 heteroatoms. The number of benzene rings is 1. The fourth-order valence-electron chi connectivity index (χ4n) is 3.05. The van der Waals surface area contributed by atoms with Gasteiger partial charge >= 0.3 is 6.03 Å². The Morgan fingerprint density at radius 3 is 2.96 bits per heavy atom. The Balaban J connectivity index is 1.48. The summed E-state index contributed by atoms with van der Waals surface area (Å²) >= 11 is 6.00. The lowest BCUT2D eigenvalue weighted by Gasteiger charge is -2.30. The standard InChI is InChI=1S/C17H23ClN2O3/c1-22-15-5-4-13(18)8-12(15)10-19-17(21)20-14-6-7-23-16(9-14)11-2-3-11/h4-5,8,11,14,16H,2-3,6-7,9-10H2,1H3,(H2,19,20,21)/t14-,16+/m0/s1. The van der Waals surface area contributed by atoms with Gasteiger partial charge in [0.05, 0.1) is 13.2 Å². The van der Waals surface area contributed by atoms with Crippen LogP contribution in [0.15, 0.2) is 18.2 Å². The van der Waals surface area contributed by atoms with Crippen LogP contribution in [0.2, 0.25) is 5.02 Å². The highest BCUT2D eigenvalue weighted by atomic mass is 35.5. The van der Waals surface area contributed by atoms with E-state index in [4.69, 9.17) is 21.1 Å². The second-order valence-corrected chi connectivity index (χ2v) is 6.69. The summed E-state index contributed by atoms with van der Waals surface area (Å²) in [6, 6.07) is 5.40. The molecule has 2 fully saturated rings. The van der Waals surface area contributed by atoms with Crippen LogP contribution in [-0.4, -0.2) is 31.9 Å². The fraction of sp³-hybridized carbons (Fsp3) is 0.588. The molecule has 0 bridgehead atoms. The van der Waals surface area contributed by atoms with E-state index in [1.807, 2.05) is 0 Å². The first kappa shape index (κ1) is 16.4. The van der Waals surface area contributed by atoms with Gasteiger partial charge in [0, 0.05) is 29.8 Å². The molecule has 1 aromatic carbocycles. The average molecular weight is 339 g/mol. The molecule has 2 atom stereocenters. The SMILES string of the molecule is COc1ccc(Cl)cc1CNC(=O)N[C@H]1CCO[C@@H](C2CC2)C1. The summed E-state index contributed by atoms with van der Waals surface area (Å²) in [5.41, 5.74) is 0.859. The third-order valence-corrected chi connectivity index (χ3v) is 4.72. The number of rotatable bonds is 5. The van der Waals surface area contributed by atoms with Gasteiger partial charge in [0.1, 0.15) is 5.75 Å². The van der Waals surface area contributed by atoms with E-state index >= 15 is 0 Å². The Kier molecular flexibility index (Phi) is 5.28. The zero-order valence-corrected chi connectivity index (χ0v) is 14.1. The van der Waals surface area contributed by atoms with Crippen LogP contribution in [0.1, 0.15) is 31.2 Å². The summed E-state index contributed by atoms with van der Waals surface area (Å²) in [6.45, 7) is 1.11. The highest BCUT2D eigenvalue weighted by Gasteiger charge is 2.36. The van der Waals surface area contributed by atoms with Crippen LogP contribution >= 0.6 is 11.6 Å². The molecule has 126 valence electrons. The van der Waals surface area contributed by atoms with Gasteiger partial charge in [-0.15, -0.1) is 0 Å². The number of halogens is 1. The second kappa shape index (κ2) is 7.41. The van der Waals surface area contributed by atoms with E-state index in [1.165, 1.54) is 12.8 Å². The second-order valence-electron chi connectivity index (χ2n) is 6.25. The van der Waals surface area contributed by atoms with Crippen molar-refractivity contribution in [2.45, 2.75) is 44.4 Å². The molecule has 0 spiro atoms. The minimum Gasteiger partial charge on any atom is -0.496 e. The monoisotopic (exact) mass is 338 g/mol. The molecular weight excluding hydrogens is 316 g/mol. The first-order valence-electron chi connectivity index (χ1n) is 8.14. The smallest absolute Gasteiger partial charge is 0.315 e. The van der Waals surface area contributed by atoms with Crippen molar-refractivity contribution in [1.29, 1.82) is 0 Å². The molecule has 3 rings (SSSR count). The number of hydrogen-bond acceptors (Lipinski definition) is 3. The van der Waals surface area contributed by atoms with E-state index in [0.717, 1.165) is 30.8 Å². The molecule has 1 aromatic rings. The summed E-state index contributed by atoms with van der Waals surface area (Å²) in [7, 11) is 1.60. The van der Waals surface area contributed by atoms with Crippen molar-refractivity contribution in [2.24, 2.45) is 5.92 Å². The third-order valence-electron chi connectivity index (χ3n) is 4.48. The van der Waals surface area contributed by atoms with Gasteiger partial charge in [0.15, 0.2) is 0 Å². The normalized spacial score (nSPS) is 24.1. The lowest BCUT2D eigenvalue weighted by atomic mass is 10.0. The molecule has 1 heterocycles. The van der Waals surface area contributed by atoms with Crippen molar-refractivity contribution in [2.75, 3.05) is 13.7 Å². The molecule has 2 N–H and O–H groups in total. The Hall–Kier alpha value is -1.46. The number of hydrogen-bond donors (Lipinski definition) is 2. The van der Waals surface area contributed by atoms with Gasteiger partial charge < -0.3 is 20.1 Å². The predicted molar refractivity (Wildman–Crippen MR) is 88.9 cm³/mol. The highest BCUT2D eigenvalue weighted by Crippen LogP contribution is 2.38. The summed E-state index contributed by atoms with van der Waals surface area (Å²) in [5.74, 6) is 1.42. The third kappa shape index (κ3) is 4.52. The van der Waals surface area contributed by atoms with Crippen molar-refractivity contribution in [1.82, 2.24) is 10.6 Å². The van der Waals surface area contributed by atoms with Gasteiger partial charge in [-0.3, -0.25) is 0 Å². The summed E-state index contributed by atoms with van der Waals surface area (Å²) in [5, 5.41) is 6.55. The van der Waals surface area contributed by atoms with Gasteiger partial charge in [-0.25, -0.2) is 4.79 Å². The quantitative estimate of drug-likeness (QED) is 0.867. The van der Waals surface area contributed by atoms with Crippen LogP contribution in [0.25, 0.3) is 0 Å². The molecule has 0 aromatic heterocycles. The molecule has 0 radical (unpaired) electrons. The van der Waals surface area contributed by atoms with Crippen LogP contribution in [0.3, 0.4) is 0 Å². The van der Waals surface area contributed by atoms with Gasteiger partial charge in [-0.05, 0) is 49.8 Å². The molecular formula is C17H23ClN2O3. The molecule has 2 aliphatic rings. The Bertz CT molecular complexity index is 563. The number of methoxy groups -OCH3 is 1. The van der Waals surface area contributed by atoms with Gasteiger partial charge in [-0.1, -0.05) is 11.6 Å². The average Bonchev–Trinajstić information content (AvgIpc) is 3.38. The minimum atomic E-state index is -0.159. The van der Waals surface area contributed by atoms with E-state index in [2.05, 4.69) is 10.6 Å². The van der Waals surface area contributed by atoms with Crippen LogP contribution in [0.5, 0.6) is 5.75 Å². The van der Waals surface area contributed by atoms with E-state index < -0.39 is 0 Å². The number of carbonyl (C=O) groups excluding carboxylic acids is 1. The van der Waals surface area contributed by atoms with E-state index in [0.29, 0.717) is 23.6 Å². The highest BCUT2D eigenvalue weighted by molar-refractivity contribution is 6.30. The van der Waals surface area contributed by atoms with Crippen LogP contribution in [-0.2, 0) is 11.3 Å². The van der Waals surface area contributed by atoms with Crippen LogP contribution < -0.4 is 15.4 Å². The zero-order valence-electron chi connectivity index (χ0n) is 13.3. The summed E-state index contributed by atoms with van der Waals surface area (Å²) < 4.78 is 11.1. The first-order chi connectivity index (χ1) is 11.2. The fourth-order valence-corrected chi connectivity index (χ4v) is 3.25. The van der Waals surface area contributed by atoms with Crippen molar-refractivity contribution in [3.63, 3.8) is 0 Å². The van der Waals surface area contributed by atoms with Crippen molar-refractivity contribution < 1.29 is 14.3 Å². The Labute approximate surface area is 141 Å². The Morgan fingerprint density at radius 1 is 1.39 bits per heavy atom. The van der Waals surface area contributed by atoms with Crippen LogP contribution in [0, 0.1) is 5.92 Å². The number of ether oxygens (including phenoxy) is 2. The maximum absolute atomic E-state index is 12.1. The molecule has 1 aliphatic heterocycles. The predicted octanol–water partition coefficient (Wildman–Crippen LogP) is 3.11. The van der Waals surface area contributed by atoms with Gasteiger partial charge in [0.25, 0.3) is 0 Å². The lowest BCUT2D eigenvalue weighted by molar-refractivity contribution is -0.00914. The number of urea groups is 1. The maximum atomic E-state index is 12.1. The number of carbonyl (C=O) groups is 1. The molecule has 23 heavy (non-hydrogen) atoms. The molecule has 5 nitrogen and oxygen atoms in total. The van der Waals surface area contributed by atoms with Crippen molar-refractivity contribution >= 4 is 17.6 Å². The van der Waals surface area contributed by atoms with Gasteiger partial charge in [-0.2, -0.15) is 0 Å². The first-order valence-corrected chi connectivity index (χ1v) is 8.52. The summed E-state index contributed by atoms with van der Waals surface area (Å²) in [6.07, 6.45) is 4.63. The lowest BCUT2D eigenvalue weighted by Crippen LogP contribution is -2.46. The number of nitrogens with one attached hydrogen (secondary N) is 2. The topological polar surface area (TPSA) is 59.6 Å². The van der Waals surface area contributed by atoms with E-state index in [9.17, 15) is 4.79 Å². The molecule has 1 aliphatic carbocycles. The van der Waals surface area contributed by atoms with E-state index in [1.54, 1.807) is 25.3 Å². The number of amides is 2. The summed E-state index contributed by atoms with van der Waals surface area (Å²) in [4.78, 5) is 12.1.